The van der Waals surface area contributed by atoms with Crippen molar-refractivity contribution >= 4 is 49.5 Å². The van der Waals surface area contributed by atoms with Gasteiger partial charge in [0.1, 0.15) is 6.54 Å². The maximum atomic E-state index is 12.4. The molecule has 0 heterocycles. The molecule has 0 aromatic heterocycles. The summed E-state index contributed by atoms with van der Waals surface area (Å²) >= 11 is 6.76. The Morgan fingerprint density at radius 3 is 2.33 bits per heavy atom. The lowest BCUT2D eigenvalue weighted by molar-refractivity contribution is -0.138. The van der Waals surface area contributed by atoms with Gasteiger partial charge in [0, 0.05) is 15.0 Å². The summed E-state index contributed by atoms with van der Waals surface area (Å²) in [4.78, 5) is 24.9. The maximum Gasteiger partial charge on any atom is 0.323 e. The quantitative estimate of drug-likeness (QED) is 0.772. The van der Waals surface area contributed by atoms with Crippen LogP contribution in [0.5, 0.6) is 0 Å². The van der Waals surface area contributed by atoms with Crippen LogP contribution in [-0.4, -0.2) is 34.6 Å². The van der Waals surface area contributed by atoms with Gasteiger partial charge in [-0.05, 0) is 56.8 Å². The first kappa shape index (κ1) is 16.3. The third-order valence-corrected chi connectivity index (χ3v) is 4.85. The molecular formula is C14H16Br2N2O3. The van der Waals surface area contributed by atoms with Gasteiger partial charge in [-0.2, -0.15) is 0 Å². The van der Waals surface area contributed by atoms with Gasteiger partial charge in [0.2, 0.25) is 0 Å². The Morgan fingerprint density at radius 1 is 1.24 bits per heavy atom. The highest BCUT2D eigenvalue weighted by molar-refractivity contribution is 9.11. The van der Waals surface area contributed by atoms with Gasteiger partial charge in [-0.3, -0.25) is 4.79 Å². The normalized spacial score (nSPS) is 15.0. The zero-order chi connectivity index (χ0) is 15.4. The molecule has 1 aliphatic rings. The molecule has 0 radical (unpaired) electrons. The third kappa shape index (κ3) is 4.20. The summed E-state index contributed by atoms with van der Waals surface area (Å²) in [5, 5.41) is 11.8. The molecule has 2 N–H and O–H groups in total. The topological polar surface area (TPSA) is 69.6 Å². The molecule has 114 valence electrons. The van der Waals surface area contributed by atoms with Gasteiger partial charge in [0.05, 0.1) is 5.69 Å². The van der Waals surface area contributed by atoms with Crippen LogP contribution in [0.4, 0.5) is 10.5 Å². The number of benzene rings is 1. The van der Waals surface area contributed by atoms with Gasteiger partial charge in [-0.25, -0.2) is 4.79 Å². The van der Waals surface area contributed by atoms with Crippen molar-refractivity contribution < 1.29 is 14.7 Å². The van der Waals surface area contributed by atoms with E-state index in [0.717, 1.165) is 34.6 Å². The van der Waals surface area contributed by atoms with Crippen molar-refractivity contribution in [2.75, 3.05) is 11.9 Å². The lowest BCUT2D eigenvalue weighted by Gasteiger charge is -2.27. The maximum absolute atomic E-state index is 12.4. The van der Waals surface area contributed by atoms with Gasteiger partial charge >= 0.3 is 12.0 Å². The molecular weight excluding hydrogens is 404 g/mol. The molecule has 0 bridgehead atoms. The number of hydrogen-bond acceptors (Lipinski definition) is 2. The number of amides is 2. The van der Waals surface area contributed by atoms with Gasteiger partial charge in [0.25, 0.3) is 0 Å². The number of carboxylic acid groups (broad SMARTS) is 1. The average molecular weight is 420 g/mol. The standard InChI is InChI=1S/C14H16Br2N2O3/c15-10-6-3-7-11(16)13(10)17-14(21)18(8-12(19)20)9-4-1-2-5-9/h3,6-7,9H,1-2,4-5,8H2,(H,17,21)(H,19,20). The van der Waals surface area contributed by atoms with Crippen LogP contribution in [0.25, 0.3) is 0 Å². The molecule has 2 rings (SSSR count). The predicted molar refractivity (Wildman–Crippen MR) is 87.5 cm³/mol. The molecule has 0 spiro atoms. The van der Waals surface area contributed by atoms with Crippen LogP contribution >= 0.6 is 31.9 Å². The fraction of sp³-hybridized carbons (Fsp3) is 0.429. The molecule has 0 unspecified atom stereocenters. The molecule has 0 saturated heterocycles. The van der Waals surface area contributed by atoms with Crippen LogP contribution in [0, 0.1) is 0 Å². The summed E-state index contributed by atoms with van der Waals surface area (Å²) in [6.07, 6.45) is 3.79. The largest absolute Gasteiger partial charge is 0.480 e. The second-order valence-electron chi connectivity index (χ2n) is 4.99. The smallest absolute Gasteiger partial charge is 0.323 e. The summed E-state index contributed by atoms with van der Waals surface area (Å²) in [5.74, 6) is -0.997. The number of aliphatic carboxylic acids is 1. The number of nitrogens with zero attached hydrogens (tertiary/aromatic N) is 1. The van der Waals surface area contributed by atoms with Crippen molar-refractivity contribution in [1.82, 2.24) is 4.90 Å². The van der Waals surface area contributed by atoms with E-state index in [1.165, 1.54) is 4.90 Å². The van der Waals surface area contributed by atoms with Gasteiger partial charge < -0.3 is 15.3 Å². The van der Waals surface area contributed by atoms with Crippen LogP contribution in [0.15, 0.2) is 27.1 Å². The number of carboxylic acids is 1. The fourth-order valence-electron chi connectivity index (χ4n) is 2.52. The molecule has 2 amide bonds. The molecule has 0 aliphatic heterocycles. The van der Waals surface area contributed by atoms with Crippen molar-refractivity contribution in [2.24, 2.45) is 0 Å². The zero-order valence-electron chi connectivity index (χ0n) is 11.3. The lowest BCUT2D eigenvalue weighted by Crippen LogP contribution is -2.44. The Labute approximate surface area is 140 Å². The minimum Gasteiger partial charge on any atom is -0.480 e. The number of nitrogens with one attached hydrogen (secondary N) is 1. The van der Waals surface area contributed by atoms with Gasteiger partial charge in [-0.1, -0.05) is 18.9 Å². The number of para-hydroxylation sites is 1. The third-order valence-electron chi connectivity index (χ3n) is 3.53. The van der Waals surface area contributed by atoms with E-state index in [1.54, 1.807) is 0 Å². The van der Waals surface area contributed by atoms with E-state index in [9.17, 15) is 9.59 Å². The Morgan fingerprint density at radius 2 is 1.81 bits per heavy atom. The molecule has 0 atom stereocenters. The average Bonchev–Trinajstić information content (AvgIpc) is 2.93. The monoisotopic (exact) mass is 418 g/mol. The Balaban J connectivity index is 2.16. The highest BCUT2D eigenvalue weighted by Crippen LogP contribution is 2.31. The van der Waals surface area contributed by atoms with Crippen molar-refractivity contribution in [2.45, 2.75) is 31.7 Å². The van der Waals surface area contributed by atoms with E-state index >= 15 is 0 Å². The van der Waals surface area contributed by atoms with E-state index in [2.05, 4.69) is 37.2 Å². The molecule has 1 fully saturated rings. The summed E-state index contributed by atoms with van der Waals surface area (Å²) in [6, 6.07) is 5.10. The number of hydrogen-bond donors (Lipinski definition) is 2. The van der Waals surface area contributed by atoms with Crippen LogP contribution < -0.4 is 5.32 Å². The van der Waals surface area contributed by atoms with Crippen LogP contribution in [-0.2, 0) is 4.79 Å². The summed E-state index contributed by atoms with van der Waals surface area (Å²) in [5.41, 5.74) is 0.607. The van der Waals surface area contributed by atoms with Crippen LogP contribution in [0.3, 0.4) is 0 Å². The summed E-state index contributed by atoms with van der Waals surface area (Å²) in [7, 11) is 0. The fourth-order valence-corrected chi connectivity index (χ4v) is 3.72. The molecule has 7 heteroatoms. The number of rotatable bonds is 4. The molecule has 21 heavy (non-hydrogen) atoms. The minimum absolute atomic E-state index is 0.00219. The Kier molecular flexibility index (Phi) is 5.64. The summed E-state index contributed by atoms with van der Waals surface area (Å²) < 4.78 is 1.49. The van der Waals surface area contributed by atoms with E-state index in [0.29, 0.717) is 5.69 Å². The molecule has 1 aromatic rings. The Bertz CT molecular complexity index is 525. The number of carbonyl (C=O) groups is 2. The number of anilines is 1. The first-order valence-electron chi connectivity index (χ1n) is 6.72. The molecule has 1 saturated carbocycles. The minimum atomic E-state index is -0.997. The highest BCUT2D eigenvalue weighted by Gasteiger charge is 2.28. The van der Waals surface area contributed by atoms with Crippen molar-refractivity contribution in [1.29, 1.82) is 0 Å². The SMILES string of the molecule is O=C(O)CN(C(=O)Nc1c(Br)cccc1Br)C1CCCC1. The second kappa shape index (κ2) is 7.26. The first-order chi connectivity index (χ1) is 9.99. The van der Waals surface area contributed by atoms with E-state index in [-0.39, 0.29) is 18.6 Å². The van der Waals surface area contributed by atoms with Crippen LogP contribution in [0.1, 0.15) is 25.7 Å². The summed E-state index contributed by atoms with van der Waals surface area (Å²) in [6.45, 7) is -0.279. The highest BCUT2D eigenvalue weighted by atomic mass is 79.9. The van der Waals surface area contributed by atoms with E-state index < -0.39 is 5.97 Å². The molecule has 1 aliphatic carbocycles. The van der Waals surface area contributed by atoms with Gasteiger partial charge in [0.15, 0.2) is 0 Å². The lowest BCUT2D eigenvalue weighted by atomic mass is 10.2. The number of urea groups is 1. The number of halogens is 2. The predicted octanol–water partition coefficient (Wildman–Crippen LogP) is 4.07. The second-order valence-corrected chi connectivity index (χ2v) is 6.70. The zero-order valence-corrected chi connectivity index (χ0v) is 14.5. The van der Waals surface area contributed by atoms with Crippen molar-refractivity contribution in [3.8, 4) is 0 Å². The molecule has 1 aromatic carbocycles. The van der Waals surface area contributed by atoms with Crippen molar-refractivity contribution in [3.05, 3.63) is 27.1 Å². The first-order valence-corrected chi connectivity index (χ1v) is 8.31. The van der Waals surface area contributed by atoms with E-state index in [4.69, 9.17) is 5.11 Å². The Hall–Kier alpha value is -1.08. The number of carbonyl (C=O) groups excluding carboxylic acids is 1. The van der Waals surface area contributed by atoms with Crippen molar-refractivity contribution in [3.63, 3.8) is 0 Å². The molecule has 5 nitrogen and oxygen atoms in total. The van der Waals surface area contributed by atoms with Gasteiger partial charge in [-0.15, -0.1) is 0 Å². The van der Waals surface area contributed by atoms with Crippen LogP contribution in [0.2, 0.25) is 0 Å². The van der Waals surface area contributed by atoms with E-state index in [1.807, 2.05) is 18.2 Å².